The third kappa shape index (κ3) is 2.29. The van der Waals surface area contributed by atoms with Gasteiger partial charge in [0.2, 0.25) is 5.91 Å². The number of carbonyl (C=O) groups excluding carboxylic acids is 2. The maximum atomic E-state index is 12.5. The quantitative estimate of drug-likeness (QED) is 0.617. The molecular weight excluding hydrogens is 342 g/mol. The average molecular weight is 362 g/mol. The van der Waals surface area contributed by atoms with Gasteiger partial charge in [-0.05, 0) is 34.6 Å². The lowest BCUT2D eigenvalue weighted by Gasteiger charge is -2.32. The fraction of sp³-hybridized carbons (Fsp3) is 0.857. The smallest absolute Gasteiger partial charge is 0.417 e. The van der Waals surface area contributed by atoms with Crippen LogP contribution in [-0.2, 0) is 19.0 Å². The molecule has 7 heteroatoms. The highest BCUT2D eigenvalue weighted by atomic mass is 79.9. The third-order valence-electron chi connectivity index (χ3n) is 3.93. The first-order valence-corrected chi connectivity index (χ1v) is 7.99. The summed E-state index contributed by atoms with van der Waals surface area (Å²) in [5.74, 6) is -1.39. The molecule has 2 saturated heterocycles. The molecule has 118 valence electrons. The van der Waals surface area contributed by atoms with E-state index < -0.39 is 23.4 Å². The van der Waals surface area contributed by atoms with Gasteiger partial charge in [-0.2, -0.15) is 0 Å². The Morgan fingerprint density at radius 3 is 2.43 bits per heavy atom. The summed E-state index contributed by atoms with van der Waals surface area (Å²) in [7, 11) is 0. The molecule has 3 fully saturated rings. The van der Waals surface area contributed by atoms with Crippen molar-refractivity contribution in [1.29, 1.82) is 0 Å². The molecule has 5 atom stereocenters. The first kappa shape index (κ1) is 15.2. The number of amides is 2. The highest BCUT2D eigenvalue weighted by molar-refractivity contribution is 9.09. The molecule has 1 aliphatic carbocycles. The molecule has 0 aromatic carbocycles. The Hall–Kier alpha value is -0.660. The Labute approximate surface area is 132 Å². The van der Waals surface area contributed by atoms with E-state index in [-0.39, 0.29) is 29.0 Å². The summed E-state index contributed by atoms with van der Waals surface area (Å²) in [5, 5.41) is 0. The van der Waals surface area contributed by atoms with Gasteiger partial charge in [0.15, 0.2) is 5.79 Å². The van der Waals surface area contributed by atoms with E-state index in [1.54, 1.807) is 20.8 Å². The van der Waals surface area contributed by atoms with Crippen LogP contribution >= 0.6 is 15.9 Å². The average Bonchev–Trinajstić information content (AvgIpc) is 2.78. The third-order valence-corrected chi connectivity index (χ3v) is 5.05. The minimum atomic E-state index is -0.733. The summed E-state index contributed by atoms with van der Waals surface area (Å²) >= 11 is 3.52. The lowest BCUT2D eigenvalue weighted by Crippen LogP contribution is -2.54. The topological polar surface area (TPSA) is 65.1 Å². The van der Waals surface area contributed by atoms with Crippen LogP contribution in [0.5, 0.6) is 0 Å². The number of rotatable bonds is 0. The highest BCUT2D eigenvalue weighted by Crippen LogP contribution is 2.51. The van der Waals surface area contributed by atoms with Crippen molar-refractivity contribution in [3.63, 3.8) is 0 Å². The first-order valence-electron chi connectivity index (χ1n) is 7.08. The number of alkyl halides is 1. The van der Waals surface area contributed by atoms with Gasteiger partial charge < -0.3 is 14.2 Å². The second-order valence-corrected chi connectivity index (χ2v) is 8.27. The van der Waals surface area contributed by atoms with E-state index in [2.05, 4.69) is 15.9 Å². The molecule has 6 nitrogen and oxygen atoms in total. The van der Waals surface area contributed by atoms with Crippen molar-refractivity contribution in [3.8, 4) is 0 Å². The van der Waals surface area contributed by atoms with E-state index in [4.69, 9.17) is 14.2 Å². The van der Waals surface area contributed by atoms with E-state index in [9.17, 15) is 9.59 Å². The Morgan fingerprint density at radius 2 is 1.86 bits per heavy atom. The number of hydrogen-bond donors (Lipinski definition) is 0. The molecule has 21 heavy (non-hydrogen) atoms. The summed E-state index contributed by atoms with van der Waals surface area (Å²) < 4.78 is 17.0. The zero-order chi connectivity index (χ0) is 15.7. The zero-order valence-electron chi connectivity index (χ0n) is 12.8. The van der Waals surface area contributed by atoms with Crippen LogP contribution in [-0.4, -0.2) is 51.4 Å². The van der Waals surface area contributed by atoms with Crippen molar-refractivity contribution in [2.75, 3.05) is 0 Å². The Bertz CT molecular complexity index is 500. The van der Waals surface area contributed by atoms with Crippen molar-refractivity contribution >= 4 is 27.9 Å². The van der Waals surface area contributed by atoms with Crippen molar-refractivity contribution in [3.05, 3.63) is 0 Å². The fourth-order valence-corrected chi connectivity index (χ4v) is 4.39. The number of nitrogens with zero attached hydrogens (tertiary/aromatic N) is 1. The van der Waals surface area contributed by atoms with Gasteiger partial charge in [-0.3, -0.25) is 4.79 Å². The minimum absolute atomic E-state index is 0.163. The largest absolute Gasteiger partial charge is 0.443 e. The van der Waals surface area contributed by atoms with Gasteiger partial charge >= 0.3 is 6.09 Å². The van der Waals surface area contributed by atoms with Crippen LogP contribution in [0.2, 0.25) is 0 Å². The van der Waals surface area contributed by atoms with E-state index in [0.29, 0.717) is 0 Å². The van der Waals surface area contributed by atoms with E-state index >= 15 is 0 Å². The van der Waals surface area contributed by atoms with Crippen molar-refractivity contribution in [2.24, 2.45) is 5.92 Å². The normalized spacial score (nSPS) is 40.6. The first-order chi connectivity index (χ1) is 9.52. The number of carbonyl (C=O) groups is 2. The van der Waals surface area contributed by atoms with Crippen LogP contribution in [0, 0.1) is 5.92 Å². The van der Waals surface area contributed by atoms with E-state index in [1.807, 2.05) is 13.8 Å². The molecule has 2 bridgehead atoms. The number of imide groups is 1. The van der Waals surface area contributed by atoms with Crippen LogP contribution in [0.25, 0.3) is 0 Å². The summed E-state index contributed by atoms with van der Waals surface area (Å²) in [6.07, 6.45) is -1.23. The van der Waals surface area contributed by atoms with Crippen molar-refractivity contribution < 1.29 is 23.8 Å². The summed E-state index contributed by atoms with van der Waals surface area (Å²) in [4.78, 5) is 25.9. The standard InChI is InChI=1S/C14H20BrNO5/c1-13(2,3)21-12(18)16-8-7(15)6(11(16)17)9-10(8)20-14(4,5)19-9/h6-10H,1-5H3/t6-,7-,8+,9+,10-/m0/s1. The summed E-state index contributed by atoms with van der Waals surface area (Å²) in [6.45, 7) is 8.95. The van der Waals surface area contributed by atoms with Crippen LogP contribution in [0.3, 0.4) is 0 Å². The fourth-order valence-electron chi connectivity index (χ4n) is 3.33. The molecule has 0 aromatic heterocycles. The minimum Gasteiger partial charge on any atom is -0.443 e. The number of likely N-dealkylation sites (tertiary alicyclic amines) is 1. The second-order valence-electron chi connectivity index (χ2n) is 7.21. The SMILES string of the molecule is CC(C)(C)OC(=O)N1C(=O)[C@H]2[C@H](Br)[C@@H]1[C@@H]1OC(C)(C)O[C@@H]12. The van der Waals surface area contributed by atoms with Gasteiger partial charge in [0, 0.05) is 0 Å². The molecule has 0 radical (unpaired) electrons. The van der Waals surface area contributed by atoms with E-state index in [0.717, 1.165) is 0 Å². The lowest BCUT2D eigenvalue weighted by molar-refractivity contribution is -0.155. The van der Waals surface area contributed by atoms with Gasteiger partial charge in [-0.1, -0.05) is 15.9 Å². The predicted octanol–water partition coefficient (Wildman–Crippen LogP) is 2.05. The van der Waals surface area contributed by atoms with Crippen LogP contribution in [0.4, 0.5) is 4.79 Å². The van der Waals surface area contributed by atoms with Crippen LogP contribution in [0.1, 0.15) is 34.6 Å². The van der Waals surface area contributed by atoms with Gasteiger partial charge in [0.05, 0.1) is 16.8 Å². The van der Waals surface area contributed by atoms with Crippen LogP contribution in [0.15, 0.2) is 0 Å². The molecule has 2 heterocycles. The lowest BCUT2D eigenvalue weighted by atomic mass is 10.0. The Kier molecular flexibility index (Phi) is 3.21. The Balaban J connectivity index is 1.86. The predicted molar refractivity (Wildman–Crippen MR) is 76.9 cm³/mol. The molecule has 2 amide bonds. The summed E-state index contributed by atoms with van der Waals surface area (Å²) in [6, 6.07) is -0.385. The molecule has 2 aliphatic heterocycles. The van der Waals surface area contributed by atoms with Crippen molar-refractivity contribution in [1.82, 2.24) is 4.90 Å². The number of piperidine rings is 1. The van der Waals surface area contributed by atoms with Crippen molar-refractivity contribution in [2.45, 2.75) is 69.1 Å². The molecule has 0 aromatic rings. The molecule has 0 spiro atoms. The zero-order valence-corrected chi connectivity index (χ0v) is 14.3. The number of halogens is 1. The maximum absolute atomic E-state index is 12.5. The second kappa shape index (κ2) is 4.43. The van der Waals surface area contributed by atoms with Gasteiger partial charge in [0.25, 0.3) is 0 Å². The van der Waals surface area contributed by atoms with Gasteiger partial charge in [-0.15, -0.1) is 0 Å². The Morgan fingerprint density at radius 1 is 1.29 bits per heavy atom. The monoisotopic (exact) mass is 361 g/mol. The van der Waals surface area contributed by atoms with Crippen LogP contribution < -0.4 is 0 Å². The molecule has 1 saturated carbocycles. The maximum Gasteiger partial charge on any atom is 0.417 e. The van der Waals surface area contributed by atoms with E-state index in [1.165, 1.54) is 4.90 Å². The summed E-state index contributed by atoms with van der Waals surface area (Å²) in [5.41, 5.74) is -0.646. The molecule has 0 N–H and O–H groups in total. The molecule has 3 rings (SSSR count). The number of ether oxygens (including phenoxy) is 3. The number of hydrogen-bond acceptors (Lipinski definition) is 5. The highest BCUT2D eigenvalue weighted by Gasteiger charge is 2.69. The van der Waals surface area contributed by atoms with Gasteiger partial charge in [-0.25, -0.2) is 9.69 Å². The number of fused-ring (bicyclic) bond motifs is 5. The molecule has 0 unspecified atom stereocenters. The molecular formula is C14H20BrNO5. The van der Waals surface area contributed by atoms with Gasteiger partial charge in [0.1, 0.15) is 17.8 Å². The molecule has 3 aliphatic rings.